The largest absolute Gasteiger partial charge is 0.471 e. The Morgan fingerprint density at radius 1 is 1.12 bits per heavy atom. The SMILES string of the molecule is COC(=O)[C@@]12C[C@@H]1/C=C\CCCCC[C@H](NC(=O)OC(C)(C)C)C(=O)N1C[C@H](Oc3nc(-c4ccccn4)nc4ccsc34)C[C@H]1C(=O)N2. The van der Waals surface area contributed by atoms with E-state index in [1.54, 1.807) is 33.0 Å². The van der Waals surface area contributed by atoms with Crippen molar-refractivity contribution in [3.05, 3.63) is 48.0 Å². The molecule has 49 heavy (non-hydrogen) atoms. The van der Waals surface area contributed by atoms with Gasteiger partial charge in [-0.25, -0.2) is 14.6 Å². The molecule has 13 nitrogen and oxygen atoms in total. The van der Waals surface area contributed by atoms with Crippen molar-refractivity contribution in [1.29, 1.82) is 0 Å². The van der Waals surface area contributed by atoms with E-state index < -0.39 is 53.2 Å². The van der Waals surface area contributed by atoms with Crippen molar-refractivity contribution >= 4 is 45.4 Å². The minimum absolute atomic E-state index is 0.0494. The second-order valence-electron chi connectivity index (χ2n) is 13.7. The van der Waals surface area contributed by atoms with Gasteiger partial charge in [0.25, 0.3) is 0 Å². The van der Waals surface area contributed by atoms with E-state index in [1.165, 1.54) is 23.3 Å². The average molecular weight is 691 g/mol. The van der Waals surface area contributed by atoms with Gasteiger partial charge in [0.1, 0.15) is 39.7 Å². The van der Waals surface area contributed by atoms with Gasteiger partial charge < -0.3 is 29.7 Å². The summed E-state index contributed by atoms with van der Waals surface area (Å²) in [6.07, 6.45) is 8.35. The summed E-state index contributed by atoms with van der Waals surface area (Å²) in [6.45, 7) is 5.30. The number of nitrogens with one attached hydrogen (secondary N) is 2. The Morgan fingerprint density at radius 3 is 2.71 bits per heavy atom. The van der Waals surface area contributed by atoms with Crippen molar-refractivity contribution < 1.29 is 33.4 Å². The van der Waals surface area contributed by atoms with Crippen molar-refractivity contribution in [2.45, 2.75) is 95.0 Å². The van der Waals surface area contributed by atoms with Gasteiger partial charge in [-0.1, -0.05) is 31.1 Å². The van der Waals surface area contributed by atoms with E-state index in [2.05, 4.69) is 20.6 Å². The number of allylic oxidation sites excluding steroid dienone is 1. The van der Waals surface area contributed by atoms with Crippen LogP contribution in [-0.4, -0.2) is 86.7 Å². The second kappa shape index (κ2) is 14.1. The van der Waals surface area contributed by atoms with Crippen molar-refractivity contribution in [2.24, 2.45) is 5.92 Å². The predicted molar refractivity (Wildman–Crippen MR) is 182 cm³/mol. The summed E-state index contributed by atoms with van der Waals surface area (Å²) in [5, 5.41) is 7.61. The lowest BCUT2D eigenvalue weighted by Gasteiger charge is -2.30. The number of nitrogens with zero attached hydrogens (tertiary/aromatic N) is 4. The van der Waals surface area contributed by atoms with Crippen LogP contribution in [0, 0.1) is 5.92 Å². The van der Waals surface area contributed by atoms with Crippen LogP contribution in [0.3, 0.4) is 0 Å². The molecule has 0 unspecified atom stereocenters. The number of carbonyl (C=O) groups excluding carboxylic acids is 4. The Bertz CT molecular complexity index is 1740. The molecule has 3 amide bonds. The molecule has 6 rings (SSSR count). The number of hydrogen-bond acceptors (Lipinski definition) is 11. The third-order valence-electron chi connectivity index (χ3n) is 8.92. The molecule has 3 aromatic heterocycles. The van der Waals surface area contributed by atoms with E-state index in [1.807, 2.05) is 35.7 Å². The van der Waals surface area contributed by atoms with Crippen molar-refractivity contribution in [3.8, 4) is 17.4 Å². The Kier molecular flexibility index (Phi) is 9.87. The van der Waals surface area contributed by atoms with E-state index in [4.69, 9.17) is 19.2 Å². The molecular weight excluding hydrogens is 648 g/mol. The molecule has 5 atom stereocenters. The van der Waals surface area contributed by atoms with Gasteiger partial charge in [0.2, 0.25) is 17.7 Å². The van der Waals surface area contributed by atoms with Gasteiger partial charge in [0, 0.05) is 18.5 Å². The summed E-state index contributed by atoms with van der Waals surface area (Å²) in [5.41, 5.74) is -0.716. The fourth-order valence-corrected chi connectivity index (χ4v) is 7.21. The Balaban J connectivity index is 1.32. The average Bonchev–Trinajstić information content (AvgIpc) is 3.36. The van der Waals surface area contributed by atoms with Crippen LogP contribution < -0.4 is 15.4 Å². The summed E-state index contributed by atoms with van der Waals surface area (Å²) < 4.78 is 17.8. The van der Waals surface area contributed by atoms with Gasteiger partial charge in [-0.05, 0) is 70.0 Å². The summed E-state index contributed by atoms with van der Waals surface area (Å²) >= 11 is 1.42. The Labute approximate surface area is 288 Å². The van der Waals surface area contributed by atoms with Gasteiger partial charge in [0.15, 0.2) is 5.82 Å². The summed E-state index contributed by atoms with van der Waals surface area (Å²) in [6, 6.07) is 5.40. The maximum absolute atomic E-state index is 14.4. The monoisotopic (exact) mass is 690 g/mol. The standard InChI is InChI=1S/C35H42N6O7S/c1-34(2,3)48-33(45)38-25-14-9-7-5-6-8-12-21-19-35(21,32(44)46-4)40-29(42)26-18-22(20-41(26)31(25)43)47-30-27-23(15-17-49-27)37-28(39-30)24-13-10-11-16-36-24/h8,10-13,15-17,21-22,25-26H,5-7,9,14,18-20H2,1-4H3,(H,38,45)(H,40,42)/b12-8-/t21-,22+,25-,26-,35+/m0/s1. The smallest absolute Gasteiger partial charge is 0.408 e. The molecule has 3 aromatic rings. The molecule has 0 radical (unpaired) electrons. The van der Waals surface area contributed by atoms with Gasteiger partial charge in [-0.3, -0.25) is 14.6 Å². The molecule has 0 bridgehead atoms. The lowest BCUT2D eigenvalue weighted by atomic mass is 10.0. The maximum Gasteiger partial charge on any atom is 0.408 e. The van der Waals surface area contributed by atoms with E-state index in [-0.39, 0.29) is 18.9 Å². The first-order chi connectivity index (χ1) is 23.5. The summed E-state index contributed by atoms with van der Waals surface area (Å²) in [7, 11) is 1.30. The van der Waals surface area contributed by atoms with Crippen LogP contribution in [0.4, 0.5) is 4.79 Å². The number of thiophene rings is 1. The first-order valence-corrected chi connectivity index (χ1v) is 17.6. The van der Waals surface area contributed by atoms with Gasteiger partial charge in [-0.2, -0.15) is 4.98 Å². The number of methoxy groups -OCH3 is 1. The predicted octanol–water partition coefficient (Wildman–Crippen LogP) is 4.56. The molecule has 1 aliphatic carbocycles. The van der Waals surface area contributed by atoms with Crippen LogP contribution in [0.2, 0.25) is 0 Å². The highest BCUT2D eigenvalue weighted by atomic mass is 32.1. The molecule has 14 heteroatoms. The highest BCUT2D eigenvalue weighted by molar-refractivity contribution is 7.17. The maximum atomic E-state index is 14.4. The number of pyridine rings is 1. The number of rotatable bonds is 5. The van der Waals surface area contributed by atoms with Gasteiger partial charge >= 0.3 is 12.1 Å². The highest BCUT2D eigenvalue weighted by Crippen LogP contribution is 2.46. The summed E-state index contributed by atoms with van der Waals surface area (Å²) in [4.78, 5) is 69.6. The quantitative estimate of drug-likeness (QED) is 0.287. The minimum Gasteiger partial charge on any atom is -0.471 e. The fraction of sp³-hybridized carbons (Fsp3) is 0.514. The fourth-order valence-electron chi connectivity index (χ4n) is 6.45. The third-order valence-corrected chi connectivity index (χ3v) is 9.82. The zero-order valence-electron chi connectivity index (χ0n) is 28.1. The van der Waals surface area contributed by atoms with Gasteiger partial charge in [0.05, 0.1) is 19.2 Å². The molecule has 3 aliphatic rings. The lowest BCUT2D eigenvalue weighted by molar-refractivity contribution is -0.148. The van der Waals surface area contributed by atoms with Crippen LogP contribution in [0.15, 0.2) is 48.0 Å². The molecule has 5 heterocycles. The van der Waals surface area contributed by atoms with Crippen LogP contribution in [0.1, 0.15) is 65.7 Å². The number of hydrogen-bond donors (Lipinski definition) is 2. The molecule has 1 saturated heterocycles. The molecule has 2 N–H and O–H groups in total. The topological polar surface area (TPSA) is 162 Å². The molecule has 1 saturated carbocycles. The number of alkyl carbamates (subject to hydrolysis) is 1. The van der Waals surface area contributed by atoms with Crippen LogP contribution in [-0.2, 0) is 23.9 Å². The molecule has 2 aliphatic heterocycles. The normalized spacial score (nSPS) is 26.7. The van der Waals surface area contributed by atoms with Crippen molar-refractivity contribution in [1.82, 2.24) is 30.5 Å². The van der Waals surface area contributed by atoms with E-state index >= 15 is 0 Å². The van der Waals surface area contributed by atoms with Crippen molar-refractivity contribution in [3.63, 3.8) is 0 Å². The molecule has 0 aromatic carbocycles. The zero-order valence-corrected chi connectivity index (χ0v) is 29.0. The number of aromatic nitrogens is 3. The lowest BCUT2D eigenvalue weighted by Crippen LogP contribution is -2.56. The van der Waals surface area contributed by atoms with Crippen LogP contribution >= 0.6 is 11.3 Å². The molecule has 0 spiro atoms. The third kappa shape index (κ3) is 7.69. The molecule has 260 valence electrons. The summed E-state index contributed by atoms with van der Waals surface area (Å²) in [5.74, 6) is -0.962. The number of ether oxygens (including phenoxy) is 3. The molecular formula is C35H42N6O7S. The number of esters is 1. The first kappa shape index (κ1) is 34.3. The highest BCUT2D eigenvalue weighted by Gasteiger charge is 2.62. The Morgan fingerprint density at radius 2 is 1.96 bits per heavy atom. The Hall–Kier alpha value is -4.59. The minimum atomic E-state index is -1.21. The van der Waals surface area contributed by atoms with Crippen LogP contribution in [0.25, 0.3) is 21.7 Å². The number of fused-ring (bicyclic) bond motifs is 3. The zero-order chi connectivity index (χ0) is 34.8. The van der Waals surface area contributed by atoms with E-state index in [0.717, 1.165) is 24.0 Å². The van der Waals surface area contributed by atoms with Crippen LogP contribution in [0.5, 0.6) is 5.88 Å². The van der Waals surface area contributed by atoms with E-state index in [9.17, 15) is 19.2 Å². The second-order valence-corrected chi connectivity index (χ2v) is 14.6. The molecule has 2 fully saturated rings. The first-order valence-electron chi connectivity index (χ1n) is 16.7. The number of amides is 3. The van der Waals surface area contributed by atoms with Crippen molar-refractivity contribution in [2.75, 3.05) is 13.7 Å². The van der Waals surface area contributed by atoms with Gasteiger partial charge in [-0.15, -0.1) is 11.3 Å². The number of carbonyl (C=O) groups is 4. The van der Waals surface area contributed by atoms with E-state index in [0.29, 0.717) is 42.2 Å².